The Morgan fingerprint density at radius 1 is 1.33 bits per heavy atom. The van der Waals surface area contributed by atoms with Gasteiger partial charge in [-0.3, -0.25) is 4.79 Å². The average molecular weight is 363 g/mol. The van der Waals surface area contributed by atoms with Crippen LogP contribution >= 0.6 is 23.1 Å². The zero-order valence-corrected chi connectivity index (χ0v) is 14.3. The van der Waals surface area contributed by atoms with Crippen molar-refractivity contribution in [3.05, 3.63) is 47.6 Å². The highest BCUT2D eigenvalue weighted by molar-refractivity contribution is 8.00. The number of nitrogens with zero attached hydrogens (tertiary/aromatic N) is 3. The second-order valence-electron chi connectivity index (χ2n) is 4.88. The van der Waals surface area contributed by atoms with Crippen molar-refractivity contribution in [2.24, 2.45) is 0 Å². The molecule has 3 N–H and O–H groups in total. The van der Waals surface area contributed by atoms with Gasteiger partial charge in [0.05, 0.1) is 15.8 Å². The molecule has 1 unspecified atom stereocenters. The summed E-state index contributed by atoms with van der Waals surface area (Å²) in [6.07, 6.45) is 0. The molecule has 9 heteroatoms. The summed E-state index contributed by atoms with van der Waals surface area (Å²) >= 11 is 2.65. The van der Waals surface area contributed by atoms with Gasteiger partial charge in [0.1, 0.15) is 5.82 Å². The quantitative estimate of drug-likeness (QED) is 0.538. The van der Waals surface area contributed by atoms with Crippen molar-refractivity contribution in [3.8, 4) is 10.7 Å². The molecule has 0 fully saturated rings. The van der Waals surface area contributed by atoms with Crippen LogP contribution in [0.5, 0.6) is 0 Å². The van der Waals surface area contributed by atoms with Crippen LogP contribution in [0.25, 0.3) is 10.7 Å². The third-order valence-corrected chi connectivity index (χ3v) is 5.11. The average Bonchev–Trinajstić information content (AvgIpc) is 3.20. The number of para-hydroxylation sites is 1. The van der Waals surface area contributed by atoms with E-state index in [2.05, 4.69) is 15.5 Å². The Bertz CT molecular complexity index is 849. The van der Waals surface area contributed by atoms with Gasteiger partial charge in [0.15, 0.2) is 5.82 Å². The molecule has 0 aliphatic carbocycles. The number of rotatable bonds is 5. The molecular weight excluding hydrogens is 349 g/mol. The van der Waals surface area contributed by atoms with Crippen molar-refractivity contribution in [1.29, 1.82) is 0 Å². The Kier molecular flexibility index (Phi) is 4.81. The fourth-order valence-electron chi connectivity index (χ4n) is 1.94. The molecule has 0 saturated carbocycles. The summed E-state index contributed by atoms with van der Waals surface area (Å²) < 4.78 is 14.9. The topological polar surface area (TPSA) is 85.8 Å². The number of carbonyl (C=O) groups excluding carboxylic acids is 1. The molecule has 2 aromatic heterocycles. The van der Waals surface area contributed by atoms with Crippen molar-refractivity contribution in [2.75, 3.05) is 11.2 Å². The lowest BCUT2D eigenvalue weighted by molar-refractivity contribution is -0.115. The minimum Gasteiger partial charge on any atom is -0.335 e. The van der Waals surface area contributed by atoms with E-state index in [1.807, 2.05) is 17.5 Å². The molecular formula is C15H14FN5OS2. The maximum absolute atomic E-state index is 13.6. The number of halogens is 1. The van der Waals surface area contributed by atoms with Crippen LogP contribution in [0, 0.1) is 5.82 Å². The number of nitrogen functional groups attached to an aromatic ring is 1. The van der Waals surface area contributed by atoms with Crippen molar-refractivity contribution in [2.45, 2.75) is 17.3 Å². The fourth-order valence-corrected chi connectivity index (χ4v) is 3.42. The van der Waals surface area contributed by atoms with Crippen LogP contribution in [-0.2, 0) is 4.79 Å². The Hall–Kier alpha value is -2.39. The lowest BCUT2D eigenvalue weighted by atomic mass is 10.3. The van der Waals surface area contributed by atoms with Crippen molar-refractivity contribution in [1.82, 2.24) is 14.9 Å². The number of aromatic nitrogens is 3. The number of thioether (sulfide) groups is 1. The van der Waals surface area contributed by atoms with E-state index in [9.17, 15) is 9.18 Å². The van der Waals surface area contributed by atoms with Gasteiger partial charge in [0.25, 0.3) is 0 Å². The molecule has 0 aliphatic heterocycles. The molecule has 1 amide bonds. The van der Waals surface area contributed by atoms with Crippen LogP contribution in [-0.4, -0.2) is 26.0 Å². The maximum Gasteiger partial charge on any atom is 0.237 e. The summed E-state index contributed by atoms with van der Waals surface area (Å²) in [6.45, 7) is 1.69. The van der Waals surface area contributed by atoms with Gasteiger partial charge in [-0.15, -0.1) is 21.5 Å². The molecule has 6 nitrogen and oxygen atoms in total. The van der Waals surface area contributed by atoms with Crippen LogP contribution in [0.2, 0.25) is 0 Å². The molecule has 24 heavy (non-hydrogen) atoms. The second kappa shape index (κ2) is 7.02. The summed E-state index contributed by atoms with van der Waals surface area (Å²) in [5, 5.41) is 12.4. The van der Waals surface area contributed by atoms with Crippen molar-refractivity contribution in [3.63, 3.8) is 0 Å². The van der Waals surface area contributed by atoms with Gasteiger partial charge in [-0.05, 0) is 30.5 Å². The van der Waals surface area contributed by atoms with Gasteiger partial charge in [-0.2, -0.15) is 0 Å². The summed E-state index contributed by atoms with van der Waals surface area (Å²) in [4.78, 5) is 13.1. The summed E-state index contributed by atoms with van der Waals surface area (Å²) in [6, 6.07) is 9.79. The van der Waals surface area contributed by atoms with Gasteiger partial charge >= 0.3 is 0 Å². The largest absolute Gasteiger partial charge is 0.335 e. The number of anilines is 1. The number of benzene rings is 1. The van der Waals surface area contributed by atoms with Gasteiger partial charge in [-0.25, -0.2) is 9.07 Å². The summed E-state index contributed by atoms with van der Waals surface area (Å²) in [7, 11) is 0. The first kappa shape index (κ1) is 16.5. The SMILES string of the molecule is CC(Sc1nnc(-c2cccs2)n1N)C(=O)Nc1ccccc1F. The van der Waals surface area contributed by atoms with E-state index in [4.69, 9.17) is 5.84 Å². The molecule has 0 aliphatic rings. The minimum absolute atomic E-state index is 0.142. The van der Waals surface area contributed by atoms with Crippen LogP contribution in [0.1, 0.15) is 6.92 Å². The second-order valence-corrected chi connectivity index (χ2v) is 7.14. The first-order valence-corrected chi connectivity index (χ1v) is 8.78. The van der Waals surface area contributed by atoms with E-state index in [1.54, 1.807) is 19.1 Å². The first-order valence-electron chi connectivity index (χ1n) is 7.02. The lowest BCUT2D eigenvalue weighted by Crippen LogP contribution is -2.24. The molecule has 0 radical (unpaired) electrons. The van der Waals surface area contributed by atoms with E-state index in [1.165, 1.54) is 28.1 Å². The first-order chi connectivity index (χ1) is 11.6. The molecule has 3 aromatic rings. The molecule has 0 saturated heterocycles. The molecule has 1 aromatic carbocycles. The molecule has 2 heterocycles. The minimum atomic E-state index is -0.521. The molecule has 0 bridgehead atoms. The Morgan fingerprint density at radius 2 is 2.12 bits per heavy atom. The van der Waals surface area contributed by atoms with E-state index < -0.39 is 11.1 Å². The third-order valence-electron chi connectivity index (χ3n) is 3.19. The third kappa shape index (κ3) is 3.41. The molecule has 124 valence electrons. The molecule has 0 spiro atoms. The van der Waals surface area contributed by atoms with Gasteiger partial charge in [0.2, 0.25) is 11.1 Å². The van der Waals surface area contributed by atoms with Crippen LogP contribution < -0.4 is 11.2 Å². The fraction of sp³-hybridized carbons (Fsp3) is 0.133. The predicted octanol–water partition coefficient (Wildman–Crippen LogP) is 2.98. The monoisotopic (exact) mass is 363 g/mol. The summed E-state index contributed by atoms with van der Waals surface area (Å²) in [5.41, 5.74) is 0.142. The van der Waals surface area contributed by atoms with Gasteiger partial charge in [-0.1, -0.05) is 30.0 Å². The summed E-state index contributed by atoms with van der Waals surface area (Å²) in [5.74, 6) is 5.72. The van der Waals surface area contributed by atoms with Crippen LogP contribution in [0.15, 0.2) is 46.9 Å². The van der Waals surface area contributed by atoms with E-state index in [-0.39, 0.29) is 11.6 Å². The number of hydrogen-bond acceptors (Lipinski definition) is 6. The Balaban J connectivity index is 1.70. The number of carbonyl (C=O) groups is 1. The van der Waals surface area contributed by atoms with E-state index in [0.29, 0.717) is 11.0 Å². The number of amides is 1. The van der Waals surface area contributed by atoms with Gasteiger partial charge in [0, 0.05) is 0 Å². The highest BCUT2D eigenvalue weighted by Gasteiger charge is 2.21. The number of thiophene rings is 1. The maximum atomic E-state index is 13.6. The zero-order chi connectivity index (χ0) is 17.1. The zero-order valence-electron chi connectivity index (χ0n) is 12.6. The van der Waals surface area contributed by atoms with Gasteiger partial charge < -0.3 is 11.2 Å². The van der Waals surface area contributed by atoms with Crippen LogP contribution in [0.4, 0.5) is 10.1 Å². The number of nitrogens with two attached hydrogens (primary N) is 1. The molecule has 3 rings (SSSR count). The Labute approximate surface area is 145 Å². The van der Waals surface area contributed by atoms with Crippen molar-refractivity contribution >= 4 is 34.7 Å². The smallest absolute Gasteiger partial charge is 0.237 e. The molecule has 1 atom stereocenters. The highest BCUT2D eigenvalue weighted by atomic mass is 32.2. The lowest BCUT2D eigenvalue weighted by Gasteiger charge is -2.11. The number of hydrogen-bond donors (Lipinski definition) is 2. The Morgan fingerprint density at radius 3 is 2.83 bits per heavy atom. The highest BCUT2D eigenvalue weighted by Crippen LogP contribution is 2.27. The standard InChI is InChI=1S/C15H14FN5OS2/c1-9(14(22)18-11-6-3-2-5-10(11)16)24-15-20-19-13(21(15)17)12-7-4-8-23-12/h2-9H,17H2,1H3,(H,18,22). The van der Waals surface area contributed by atoms with E-state index >= 15 is 0 Å². The van der Waals surface area contributed by atoms with E-state index in [0.717, 1.165) is 16.6 Å². The number of nitrogens with one attached hydrogen (secondary N) is 1. The predicted molar refractivity (Wildman–Crippen MR) is 93.8 cm³/mol. The van der Waals surface area contributed by atoms with Crippen molar-refractivity contribution < 1.29 is 9.18 Å². The normalized spacial score (nSPS) is 12.1. The van der Waals surface area contributed by atoms with Crippen LogP contribution in [0.3, 0.4) is 0 Å².